The average molecular weight is 419 g/mol. The van der Waals surface area contributed by atoms with Crippen LogP contribution in [0.3, 0.4) is 0 Å². The first-order valence-corrected chi connectivity index (χ1v) is 11.4. The van der Waals surface area contributed by atoms with Crippen molar-refractivity contribution in [2.45, 2.75) is 40.3 Å². The maximum Gasteiger partial charge on any atom is 0.235 e. The van der Waals surface area contributed by atoms with Gasteiger partial charge < -0.3 is 10.1 Å². The molecule has 6 nitrogen and oxygen atoms in total. The van der Waals surface area contributed by atoms with Crippen LogP contribution in [0.2, 0.25) is 0 Å². The van der Waals surface area contributed by atoms with E-state index in [4.69, 9.17) is 4.74 Å². The van der Waals surface area contributed by atoms with Crippen molar-refractivity contribution in [2.24, 2.45) is 0 Å². The number of rotatable bonds is 9. The Labute approximate surface area is 173 Å². The Hall–Kier alpha value is -2.38. The molecule has 0 fully saturated rings. The largest absolute Gasteiger partial charge is 0.491 e. The lowest BCUT2D eigenvalue weighted by Gasteiger charge is -2.21. The minimum absolute atomic E-state index is 0.153. The van der Waals surface area contributed by atoms with Crippen LogP contribution in [0, 0.1) is 20.8 Å². The Morgan fingerprint density at radius 2 is 1.72 bits per heavy atom. The highest BCUT2D eigenvalue weighted by Crippen LogP contribution is 2.16. The number of carbonyl (C=O) groups excluding carboxylic acids is 1. The molecule has 0 aliphatic carbocycles. The molecule has 0 saturated heterocycles. The Balaban J connectivity index is 1.91. The Kier molecular flexibility index (Phi) is 7.81. The van der Waals surface area contributed by atoms with E-state index in [1.54, 1.807) is 0 Å². The van der Waals surface area contributed by atoms with Crippen LogP contribution in [0.25, 0.3) is 0 Å². The van der Waals surface area contributed by atoms with Gasteiger partial charge >= 0.3 is 0 Å². The van der Waals surface area contributed by atoms with Gasteiger partial charge in [0.05, 0.1) is 18.8 Å². The van der Waals surface area contributed by atoms with Crippen molar-refractivity contribution in [3.05, 3.63) is 64.7 Å². The van der Waals surface area contributed by atoms with Crippen molar-refractivity contribution >= 4 is 15.9 Å². The van der Waals surface area contributed by atoms with Crippen molar-refractivity contribution in [3.63, 3.8) is 0 Å². The highest BCUT2D eigenvalue weighted by molar-refractivity contribution is 7.88. The average Bonchev–Trinajstić information content (AvgIpc) is 2.63. The normalized spacial score (nSPS) is 12.6. The molecule has 0 spiro atoms. The zero-order valence-corrected chi connectivity index (χ0v) is 18.5. The lowest BCUT2D eigenvalue weighted by Crippen LogP contribution is -2.44. The summed E-state index contributed by atoms with van der Waals surface area (Å²) in [5, 5.41) is 2.80. The van der Waals surface area contributed by atoms with Crippen LogP contribution >= 0.6 is 0 Å². The lowest BCUT2D eigenvalue weighted by molar-refractivity contribution is -0.122. The maximum absolute atomic E-state index is 12.4. The number of nitrogens with one attached hydrogen (secondary N) is 1. The third-order valence-corrected chi connectivity index (χ3v) is 5.85. The van der Waals surface area contributed by atoms with Gasteiger partial charge in [0.1, 0.15) is 12.4 Å². The predicted molar refractivity (Wildman–Crippen MR) is 115 cm³/mol. The number of amides is 1. The van der Waals surface area contributed by atoms with E-state index < -0.39 is 10.0 Å². The summed E-state index contributed by atoms with van der Waals surface area (Å²) < 4.78 is 31.1. The van der Waals surface area contributed by atoms with Crippen LogP contribution in [-0.4, -0.2) is 44.1 Å². The van der Waals surface area contributed by atoms with Gasteiger partial charge in [-0.1, -0.05) is 35.9 Å². The van der Waals surface area contributed by atoms with Gasteiger partial charge in [-0.25, -0.2) is 8.42 Å². The molecule has 2 rings (SSSR count). The van der Waals surface area contributed by atoms with E-state index in [0.717, 1.165) is 28.7 Å². The number of benzene rings is 2. The topological polar surface area (TPSA) is 75.7 Å². The van der Waals surface area contributed by atoms with Crippen molar-refractivity contribution < 1.29 is 17.9 Å². The van der Waals surface area contributed by atoms with E-state index in [1.807, 2.05) is 70.2 Å². The van der Waals surface area contributed by atoms with Crippen LogP contribution in [0.4, 0.5) is 0 Å². The number of carbonyl (C=O) groups is 1. The summed E-state index contributed by atoms with van der Waals surface area (Å²) in [4.78, 5) is 12.4. The van der Waals surface area contributed by atoms with Crippen LogP contribution in [-0.2, 0) is 21.4 Å². The highest BCUT2D eigenvalue weighted by Gasteiger charge is 2.21. The first-order valence-electron chi connectivity index (χ1n) is 9.54. The molecule has 0 radical (unpaired) electrons. The molecular formula is C22H30N2O4S. The molecule has 2 aromatic rings. The fourth-order valence-electron chi connectivity index (χ4n) is 2.73. The van der Waals surface area contributed by atoms with Crippen LogP contribution in [0.5, 0.6) is 5.75 Å². The lowest BCUT2D eigenvalue weighted by atomic mass is 10.1. The van der Waals surface area contributed by atoms with Gasteiger partial charge in [0.25, 0.3) is 0 Å². The quantitative estimate of drug-likeness (QED) is 0.679. The van der Waals surface area contributed by atoms with E-state index in [1.165, 1.54) is 9.87 Å². The fourth-order valence-corrected chi connectivity index (χ4v) is 3.47. The third kappa shape index (κ3) is 7.51. The number of hydrogen-bond donors (Lipinski definition) is 1. The van der Waals surface area contributed by atoms with Gasteiger partial charge in [0.15, 0.2) is 0 Å². The molecule has 2 aromatic carbocycles. The smallest absolute Gasteiger partial charge is 0.235 e. The second-order valence-electron chi connectivity index (χ2n) is 7.54. The van der Waals surface area contributed by atoms with Crippen LogP contribution in [0.1, 0.15) is 29.2 Å². The van der Waals surface area contributed by atoms with E-state index in [-0.39, 0.29) is 25.0 Å². The van der Waals surface area contributed by atoms with Crippen molar-refractivity contribution in [1.29, 1.82) is 0 Å². The summed E-state index contributed by atoms with van der Waals surface area (Å²) in [5.41, 5.74) is 4.25. The van der Waals surface area contributed by atoms with Crippen molar-refractivity contribution in [3.8, 4) is 5.75 Å². The predicted octanol–water partition coefficient (Wildman–Crippen LogP) is 2.96. The minimum Gasteiger partial charge on any atom is -0.491 e. The minimum atomic E-state index is -3.53. The Morgan fingerprint density at radius 3 is 2.31 bits per heavy atom. The van der Waals surface area contributed by atoms with Gasteiger partial charge in [-0.3, -0.25) is 4.79 Å². The number of aryl methyl sites for hydroxylation is 3. The molecule has 0 aliphatic rings. The SMILES string of the molecule is Cc1ccc(CN(CC(=O)NC(C)COc2ccc(C)c(C)c2)S(C)(=O)=O)cc1. The van der Waals surface area contributed by atoms with Crippen LogP contribution in [0.15, 0.2) is 42.5 Å². The molecule has 29 heavy (non-hydrogen) atoms. The molecule has 0 saturated carbocycles. The number of sulfonamides is 1. The fraction of sp³-hybridized carbons (Fsp3) is 0.409. The molecule has 1 unspecified atom stereocenters. The molecule has 158 valence electrons. The van der Waals surface area contributed by atoms with Gasteiger partial charge in [-0.05, 0) is 56.5 Å². The summed E-state index contributed by atoms with van der Waals surface area (Å²) in [6, 6.07) is 13.1. The van der Waals surface area contributed by atoms with Gasteiger partial charge in [-0.2, -0.15) is 4.31 Å². The molecule has 0 aromatic heterocycles. The molecule has 0 bridgehead atoms. The first kappa shape index (κ1) is 22.9. The molecular weight excluding hydrogens is 388 g/mol. The summed E-state index contributed by atoms with van der Waals surface area (Å²) in [5.74, 6) is 0.380. The molecule has 0 heterocycles. The summed E-state index contributed by atoms with van der Waals surface area (Å²) in [6.45, 7) is 8.05. The standard InChI is InChI=1S/C22H30N2O4S/c1-16-6-9-20(10-7-16)13-24(29(5,26)27)14-22(25)23-19(4)15-28-21-11-8-17(2)18(3)12-21/h6-12,19H,13-15H2,1-5H3,(H,23,25). The molecule has 1 N–H and O–H groups in total. The Bertz CT molecular complexity index is 940. The zero-order chi connectivity index (χ0) is 21.6. The summed E-state index contributed by atoms with van der Waals surface area (Å²) >= 11 is 0. The second kappa shape index (κ2) is 9.89. The van der Waals surface area contributed by atoms with Crippen molar-refractivity contribution in [2.75, 3.05) is 19.4 Å². The highest BCUT2D eigenvalue weighted by atomic mass is 32.2. The van der Waals surface area contributed by atoms with Gasteiger partial charge in [0.2, 0.25) is 15.9 Å². The maximum atomic E-state index is 12.4. The number of hydrogen-bond acceptors (Lipinski definition) is 4. The second-order valence-corrected chi connectivity index (χ2v) is 9.52. The van der Waals surface area contributed by atoms with E-state index in [2.05, 4.69) is 5.32 Å². The molecule has 0 aliphatic heterocycles. The third-order valence-electron chi connectivity index (χ3n) is 4.65. The summed E-state index contributed by atoms with van der Waals surface area (Å²) in [6.07, 6.45) is 1.11. The van der Waals surface area contributed by atoms with Crippen molar-refractivity contribution in [1.82, 2.24) is 9.62 Å². The number of ether oxygens (including phenoxy) is 1. The van der Waals surface area contributed by atoms with E-state index >= 15 is 0 Å². The molecule has 7 heteroatoms. The van der Waals surface area contributed by atoms with Gasteiger partial charge in [0, 0.05) is 6.54 Å². The Morgan fingerprint density at radius 1 is 1.07 bits per heavy atom. The molecule has 1 atom stereocenters. The number of nitrogens with zero attached hydrogens (tertiary/aromatic N) is 1. The summed E-state index contributed by atoms with van der Waals surface area (Å²) in [7, 11) is -3.53. The van der Waals surface area contributed by atoms with E-state index in [9.17, 15) is 13.2 Å². The zero-order valence-electron chi connectivity index (χ0n) is 17.7. The monoisotopic (exact) mass is 418 g/mol. The molecule has 1 amide bonds. The van der Waals surface area contributed by atoms with Gasteiger partial charge in [-0.15, -0.1) is 0 Å². The first-order chi connectivity index (χ1) is 13.5. The van der Waals surface area contributed by atoms with Crippen LogP contribution < -0.4 is 10.1 Å². The van der Waals surface area contributed by atoms with E-state index in [0.29, 0.717) is 6.61 Å².